The molecular weight excluding hydrogens is 223 g/mol. The van der Waals surface area contributed by atoms with Crippen molar-refractivity contribution in [2.45, 2.75) is 84.7 Å². The minimum atomic E-state index is -0.220. The Bertz CT molecular complexity index is 332. The maximum atomic E-state index is 6.31. The van der Waals surface area contributed by atoms with Gasteiger partial charge in [0, 0.05) is 5.31 Å². The van der Waals surface area contributed by atoms with E-state index in [9.17, 15) is 0 Å². The summed E-state index contributed by atoms with van der Waals surface area (Å²) in [7, 11) is -0.0811. The maximum absolute atomic E-state index is 6.31. The van der Waals surface area contributed by atoms with E-state index in [2.05, 4.69) is 55.4 Å². The number of hydrogen-bond donors (Lipinski definition) is 0. The van der Waals surface area contributed by atoms with Gasteiger partial charge in [0.05, 0.1) is 11.2 Å². The molecule has 0 bridgehead atoms. The van der Waals surface area contributed by atoms with E-state index in [1.807, 2.05) is 0 Å². The number of hydrogen-bond acceptors (Lipinski definition) is 2. The van der Waals surface area contributed by atoms with Crippen LogP contribution in [0, 0.1) is 11.3 Å². The van der Waals surface area contributed by atoms with Crippen LogP contribution < -0.4 is 0 Å². The smallest absolute Gasteiger partial charge is 0.403 e. The molecule has 2 rings (SSSR count). The lowest BCUT2D eigenvalue weighted by Gasteiger charge is -2.42. The monoisotopic (exact) mass is 252 g/mol. The van der Waals surface area contributed by atoms with Crippen LogP contribution in [0.4, 0.5) is 0 Å². The molecule has 1 aliphatic heterocycles. The normalized spacial score (nSPS) is 41.3. The fraction of sp³-hybridized carbons (Fsp3) is 1.00. The summed E-state index contributed by atoms with van der Waals surface area (Å²) < 4.78 is 12.6. The Morgan fingerprint density at radius 3 is 1.67 bits per heavy atom. The highest BCUT2D eigenvalue weighted by Crippen LogP contribution is 2.64. The molecular formula is C15H29BO2. The molecule has 1 aliphatic carbocycles. The van der Waals surface area contributed by atoms with E-state index in [-0.39, 0.29) is 29.0 Å². The van der Waals surface area contributed by atoms with Gasteiger partial charge in [-0.1, -0.05) is 34.1 Å². The van der Waals surface area contributed by atoms with Crippen molar-refractivity contribution < 1.29 is 9.31 Å². The number of rotatable bonds is 1. The molecule has 0 N–H and O–H groups in total. The lowest BCUT2D eigenvalue weighted by atomic mass is 9.47. The average molecular weight is 252 g/mol. The zero-order valence-electron chi connectivity index (χ0n) is 13.4. The molecule has 0 spiro atoms. The van der Waals surface area contributed by atoms with Crippen LogP contribution in [-0.4, -0.2) is 18.3 Å². The first-order valence-electron chi connectivity index (χ1n) is 7.30. The molecule has 104 valence electrons. The highest BCUT2D eigenvalue weighted by Gasteiger charge is 2.64. The molecule has 2 aliphatic rings. The van der Waals surface area contributed by atoms with Gasteiger partial charge in [0.15, 0.2) is 0 Å². The van der Waals surface area contributed by atoms with Gasteiger partial charge < -0.3 is 9.31 Å². The first-order valence-corrected chi connectivity index (χ1v) is 7.30. The second kappa shape index (κ2) is 3.76. The fourth-order valence-electron chi connectivity index (χ4n) is 3.29. The first kappa shape index (κ1) is 14.4. The van der Waals surface area contributed by atoms with Crippen LogP contribution in [0.5, 0.6) is 0 Å². The van der Waals surface area contributed by atoms with Gasteiger partial charge in [-0.05, 0) is 45.4 Å². The van der Waals surface area contributed by atoms with Crippen molar-refractivity contribution in [2.24, 2.45) is 11.3 Å². The van der Waals surface area contributed by atoms with Gasteiger partial charge in [-0.25, -0.2) is 0 Å². The lowest BCUT2D eigenvalue weighted by molar-refractivity contribution is 0.00578. The SMILES string of the molecule is CC1CCC(C)(B2OC(C)(C)C(C)(C)O2)C1(C)C. The van der Waals surface area contributed by atoms with Gasteiger partial charge in [0.1, 0.15) is 0 Å². The summed E-state index contributed by atoms with van der Waals surface area (Å²) in [6, 6.07) is 0. The molecule has 2 atom stereocenters. The van der Waals surface area contributed by atoms with Crippen LogP contribution >= 0.6 is 0 Å². The molecule has 0 aromatic rings. The van der Waals surface area contributed by atoms with Crippen LogP contribution in [0.2, 0.25) is 5.31 Å². The summed E-state index contributed by atoms with van der Waals surface area (Å²) in [4.78, 5) is 0. The average Bonchev–Trinajstić information content (AvgIpc) is 2.54. The van der Waals surface area contributed by atoms with Gasteiger partial charge >= 0.3 is 7.12 Å². The Morgan fingerprint density at radius 1 is 0.889 bits per heavy atom. The Labute approximate surface area is 113 Å². The van der Waals surface area contributed by atoms with E-state index in [0.29, 0.717) is 0 Å². The summed E-state index contributed by atoms with van der Waals surface area (Å²) in [5, 5.41) is 0.109. The molecule has 2 unspecified atom stereocenters. The molecule has 2 fully saturated rings. The van der Waals surface area contributed by atoms with Crippen molar-refractivity contribution in [1.29, 1.82) is 0 Å². The van der Waals surface area contributed by atoms with Gasteiger partial charge in [-0.2, -0.15) is 0 Å². The van der Waals surface area contributed by atoms with Crippen molar-refractivity contribution in [1.82, 2.24) is 0 Å². The van der Waals surface area contributed by atoms with Crippen molar-refractivity contribution in [2.75, 3.05) is 0 Å². The summed E-state index contributed by atoms with van der Waals surface area (Å²) in [6.45, 7) is 18.0. The molecule has 3 heteroatoms. The van der Waals surface area contributed by atoms with Crippen molar-refractivity contribution >= 4 is 7.12 Å². The third kappa shape index (κ3) is 1.70. The molecule has 18 heavy (non-hydrogen) atoms. The molecule has 0 radical (unpaired) electrons. The molecule has 0 amide bonds. The predicted molar refractivity (Wildman–Crippen MR) is 76.6 cm³/mol. The first-order chi connectivity index (χ1) is 7.94. The summed E-state index contributed by atoms with van der Waals surface area (Å²) in [5.41, 5.74) is -0.181. The van der Waals surface area contributed by atoms with Gasteiger partial charge in [-0.15, -0.1) is 0 Å². The Morgan fingerprint density at radius 2 is 1.33 bits per heavy atom. The van der Waals surface area contributed by atoms with E-state index < -0.39 is 0 Å². The van der Waals surface area contributed by atoms with Crippen molar-refractivity contribution in [3.63, 3.8) is 0 Å². The summed E-state index contributed by atoms with van der Waals surface area (Å²) >= 11 is 0. The zero-order valence-corrected chi connectivity index (χ0v) is 13.4. The Balaban J connectivity index is 2.30. The second-order valence-electron chi connectivity index (χ2n) is 8.17. The fourth-order valence-corrected chi connectivity index (χ4v) is 3.29. The van der Waals surface area contributed by atoms with Gasteiger partial charge in [-0.3, -0.25) is 0 Å². The zero-order chi connectivity index (χ0) is 14.0. The largest absolute Gasteiger partial charge is 0.464 e. The standard InChI is InChI=1S/C15H29BO2/c1-11-9-10-15(8,12(11,2)3)16-17-13(4,5)14(6,7)18-16/h11H,9-10H2,1-8H3. The summed E-state index contributed by atoms with van der Waals surface area (Å²) in [5.74, 6) is 0.724. The van der Waals surface area contributed by atoms with Crippen LogP contribution in [0.3, 0.4) is 0 Å². The summed E-state index contributed by atoms with van der Waals surface area (Å²) in [6.07, 6.45) is 2.46. The maximum Gasteiger partial charge on any atom is 0.464 e. The van der Waals surface area contributed by atoms with Crippen LogP contribution in [0.15, 0.2) is 0 Å². The molecule has 1 saturated carbocycles. The van der Waals surface area contributed by atoms with Crippen molar-refractivity contribution in [3.8, 4) is 0 Å². The second-order valence-corrected chi connectivity index (χ2v) is 8.17. The molecule has 0 aromatic carbocycles. The van der Waals surface area contributed by atoms with E-state index in [1.54, 1.807) is 0 Å². The highest BCUT2D eigenvalue weighted by molar-refractivity contribution is 6.50. The molecule has 0 aromatic heterocycles. The predicted octanol–water partition coefficient (Wildman–Crippen LogP) is 4.30. The van der Waals surface area contributed by atoms with E-state index in [1.165, 1.54) is 12.8 Å². The minimum absolute atomic E-state index is 0.0811. The van der Waals surface area contributed by atoms with E-state index >= 15 is 0 Å². The van der Waals surface area contributed by atoms with Crippen LogP contribution in [0.1, 0.15) is 68.2 Å². The van der Waals surface area contributed by atoms with Gasteiger partial charge in [0.2, 0.25) is 0 Å². The Kier molecular flexibility index (Phi) is 3.01. The third-order valence-electron chi connectivity index (χ3n) is 6.57. The topological polar surface area (TPSA) is 18.5 Å². The molecule has 1 saturated heterocycles. The van der Waals surface area contributed by atoms with E-state index in [0.717, 1.165) is 5.92 Å². The highest BCUT2D eigenvalue weighted by atomic mass is 16.7. The quantitative estimate of drug-likeness (QED) is 0.648. The lowest BCUT2D eigenvalue weighted by Crippen LogP contribution is -2.42. The van der Waals surface area contributed by atoms with Crippen molar-refractivity contribution in [3.05, 3.63) is 0 Å². The van der Waals surface area contributed by atoms with Crippen LogP contribution in [-0.2, 0) is 9.31 Å². The van der Waals surface area contributed by atoms with Crippen LogP contribution in [0.25, 0.3) is 0 Å². The molecule has 2 nitrogen and oxygen atoms in total. The molecule has 1 heterocycles. The Hall–Kier alpha value is -0.0151. The minimum Gasteiger partial charge on any atom is -0.403 e. The van der Waals surface area contributed by atoms with E-state index in [4.69, 9.17) is 9.31 Å². The van der Waals surface area contributed by atoms with Gasteiger partial charge in [0.25, 0.3) is 0 Å². The third-order valence-corrected chi connectivity index (χ3v) is 6.57.